The number of hydrogen-bond acceptors (Lipinski definition) is 4. The molecule has 0 saturated heterocycles. The van der Waals surface area contributed by atoms with Gasteiger partial charge in [0.15, 0.2) is 0 Å². The Morgan fingerprint density at radius 2 is 1.74 bits per heavy atom. The SMILES string of the molecule is Cc1nc(-c2ccccc2)sc1C(=O)N/N=C/c1ccccc1. The number of nitrogens with zero attached hydrogens (tertiary/aromatic N) is 2. The topological polar surface area (TPSA) is 54.4 Å². The lowest BCUT2D eigenvalue weighted by Crippen LogP contribution is -2.17. The molecule has 4 nitrogen and oxygen atoms in total. The van der Waals surface area contributed by atoms with Crippen molar-refractivity contribution in [1.29, 1.82) is 0 Å². The molecule has 0 aliphatic carbocycles. The van der Waals surface area contributed by atoms with Crippen LogP contribution in [0.4, 0.5) is 0 Å². The molecule has 0 aliphatic heterocycles. The minimum absolute atomic E-state index is 0.241. The van der Waals surface area contributed by atoms with Crippen LogP contribution >= 0.6 is 11.3 Å². The monoisotopic (exact) mass is 321 g/mol. The Morgan fingerprint density at radius 3 is 2.43 bits per heavy atom. The fourth-order valence-electron chi connectivity index (χ4n) is 2.07. The molecule has 0 unspecified atom stereocenters. The maximum absolute atomic E-state index is 12.2. The Morgan fingerprint density at radius 1 is 1.09 bits per heavy atom. The number of thiazole rings is 1. The molecule has 5 heteroatoms. The first-order valence-corrected chi connectivity index (χ1v) is 7.97. The quantitative estimate of drug-likeness (QED) is 0.585. The molecule has 1 aromatic heterocycles. The van der Waals surface area contributed by atoms with Crippen LogP contribution in [0.1, 0.15) is 20.9 Å². The van der Waals surface area contributed by atoms with Crippen LogP contribution in [0.2, 0.25) is 0 Å². The van der Waals surface area contributed by atoms with Crippen LogP contribution in [-0.4, -0.2) is 17.1 Å². The van der Waals surface area contributed by atoms with Gasteiger partial charge in [-0.25, -0.2) is 10.4 Å². The maximum atomic E-state index is 12.2. The lowest BCUT2D eigenvalue weighted by Gasteiger charge is -1.97. The molecule has 1 amide bonds. The zero-order valence-corrected chi connectivity index (χ0v) is 13.4. The molecule has 1 heterocycles. The van der Waals surface area contributed by atoms with E-state index in [1.807, 2.05) is 67.6 Å². The molecule has 23 heavy (non-hydrogen) atoms. The lowest BCUT2D eigenvalue weighted by atomic mass is 10.2. The summed E-state index contributed by atoms with van der Waals surface area (Å²) in [6.45, 7) is 1.83. The summed E-state index contributed by atoms with van der Waals surface area (Å²) in [4.78, 5) is 17.3. The van der Waals surface area contributed by atoms with Crippen molar-refractivity contribution in [2.75, 3.05) is 0 Å². The van der Waals surface area contributed by atoms with Crippen LogP contribution < -0.4 is 5.43 Å². The Kier molecular flexibility index (Phi) is 4.59. The second kappa shape index (κ2) is 6.98. The third-order valence-corrected chi connectivity index (χ3v) is 4.41. The van der Waals surface area contributed by atoms with Crippen LogP contribution in [0.15, 0.2) is 65.8 Å². The minimum Gasteiger partial charge on any atom is -0.266 e. The van der Waals surface area contributed by atoms with Gasteiger partial charge in [0.25, 0.3) is 5.91 Å². The molecule has 0 fully saturated rings. The standard InChI is InChI=1S/C18H15N3OS/c1-13-16(23-18(20-13)15-10-6-3-7-11-15)17(22)21-19-12-14-8-4-2-5-9-14/h2-12H,1H3,(H,21,22)/b19-12+. The molecule has 0 saturated carbocycles. The van der Waals surface area contributed by atoms with Gasteiger partial charge in [-0.05, 0) is 12.5 Å². The Hall–Kier alpha value is -2.79. The van der Waals surface area contributed by atoms with E-state index in [-0.39, 0.29) is 5.91 Å². The zero-order chi connectivity index (χ0) is 16.1. The number of amides is 1. The van der Waals surface area contributed by atoms with E-state index in [2.05, 4.69) is 15.5 Å². The number of aromatic nitrogens is 1. The molecule has 0 bridgehead atoms. The number of rotatable bonds is 4. The first-order valence-electron chi connectivity index (χ1n) is 7.15. The van der Waals surface area contributed by atoms with E-state index in [1.165, 1.54) is 11.3 Å². The van der Waals surface area contributed by atoms with Gasteiger partial charge >= 0.3 is 0 Å². The smallest absolute Gasteiger partial charge is 0.266 e. The van der Waals surface area contributed by atoms with E-state index < -0.39 is 0 Å². The normalized spacial score (nSPS) is 10.8. The van der Waals surface area contributed by atoms with Crippen molar-refractivity contribution in [2.24, 2.45) is 5.10 Å². The lowest BCUT2D eigenvalue weighted by molar-refractivity contribution is 0.0958. The van der Waals surface area contributed by atoms with Gasteiger partial charge in [0.2, 0.25) is 0 Å². The number of hydrogen-bond donors (Lipinski definition) is 1. The van der Waals surface area contributed by atoms with Crippen LogP contribution in [0.25, 0.3) is 10.6 Å². The second-order valence-corrected chi connectivity index (χ2v) is 5.91. The van der Waals surface area contributed by atoms with E-state index >= 15 is 0 Å². The van der Waals surface area contributed by atoms with E-state index in [1.54, 1.807) is 6.21 Å². The highest BCUT2D eigenvalue weighted by Crippen LogP contribution is 2.27. The number of hydrazone groups is 1. The summed E-state index contributed by atoms with van der Waals surface area (Å²) in [6, 6.07) is 19.4. The molecule has 114 valence electrons. The summed E-state index contributed by atoms with van der Waals surface area (Å²) in [6.07, 6.45) is 1.62. The van der Waals surface area contributed by atoms with Crippen molar-refractivity contribution >= 4 is 23.5 Å². The van der Waals surface area contributed by atoms with E-state index in [0.29, 0.717) is 10.6 Å². The van der Waals surface area contributed by atoms with Gasteiger partial charge in [0, 0.05) is 5.56 Å². The van der Waals surface area contributed by atoms with Crippen molar-refractivity contribution in [3.8, 4) is 10.6 Å². The molecular weight excluding hydrogens is 306 g/mol. The number of benzene rings is 2. The van der Waals surface area contributed by atoms with Crippen LogP contribution in [0.5, 0.6) is 0 Å². The average molecular weight is 321 g/mol. The molecular formula is C18H15N3OS. The summed E-state index contributed by atoms with van der Waals surface area (Å²) in [5.74, 6) is -0.241. The Balaban J connectivity index is 1.73. The van der Waals surface area contributed by atoms with Gasteiger partial charge in [-0.2, -0.15) is 5.10 Å². The molecule has 0 spiro atoms. The molecule has 3 aromatic rings. The van der Waals surface area contributed by atoms with Crippen LogP contribution in [0, 0.1) is 6.92 Å². The van der Waals surface area contributed by atoms with Crippen molar-refractivity contribution in [3.05, 3.63) is 76.8 Å². The van der Waals surface area contributed by atoms with E-state index in [0.717, 1.165) is 16.1 Å². The predicted molar refractivity (Wildman–Crippen MR) is 93.8 cm³/mol. The molecule has 0 radical (unpaired) electrons. The highest BCUT2D eigenvalue weighted by molar-refractivity contribution is 7.17. The maximum Gasteiger partial charge on any atom is 0.283 e. The van der Waals surface area contributed by atoms with Gasteiger partial charge in [-0.3, -0.25) is 4.79 Å². The van der Waals surface area contributed by atoms with Crippen molar-refractivity contribution in [3.63, 3.8) is 0 Å². The fourth-order valence-corrected chi connectivity index (χ4v) is 3.03. The van der Waals surface area contributed by atoms with Gasteiger partial charge in [0.05, 0.1) is 11.9 Å². The van der Waals surface area contributed by atoms with Gasteiger partial charge in [-0.1, -0.05) is 60.7 Å². The van der Waals surface area contributed by atoms with Crippen molar-refractivity contribution in [2.45, 2.75) is 6.92 Å². The zero-order valence-electron chi connectivity index (χ0n) is 12.6. The molecule has 2 aromatic carbocycles. The van der Waals surface area contributed by atoms with Crippen molar-refractivity contribution in [1.82, 2.24) is 10.4 Å². The summed E-state index contributed by atoms with van der Waals surface area (Å²) < 4.78 is 0. The number of carbonyl (C=O) groups excluding carboxylic acids is 1. The van der Waals surface area contributed by atoms with Gasteiger partial charge < -0.3 is 0 Å². The van der Waals surface area contributed by atoms with Crippen LogP contribution in [-0.2, 0) is 0 Å². The number of nitrogens with one attached hydrogen (secondary N) is 1. The van der Waals surface area contributed by atoms with E-state index in [9.17, 15) is 4.79 Å². The molecule has 0 atom stereocenters. The Labute approximate surface area is 138 Å². The van der Waals surface area contributed by atoms with Gasteiger partial charge in [-0.15, -0.1) is 11.3 Å². The largest absolute Gasteiger partial charge is 0.283 e. The number of carbonyl (C=O) groups is 1. The molecule has 0 aliphatic rings. The summed E-state index contributed by atoms with van der Waals surface area (Å²) in [5, 5.41) is 4.83. The summed E-state index contributed by atoms with van der Waals surface area (Å²) in [7, 11) is 0. The van der Waals surface area contributed by atoms with E-state index in [4.69, 9.17) is 0 Å². The predicted octanol–water partition coefficient (Wildman–Crippen LogP) is 3.88. The fraction of sp³-hybridized carbons (Fsp3) is 0.0556. The molecule has 3 rings (SSSR count). The third kappa shape index (κ3) is 3.70. The highest BCUT2D eigenvalue weighted by atomic mass is 32.1. The summed E-state index contributed by atoms with van der Waals surface area (Å²) in [5.41, 5.74) is 5.20. The summed E-state index contributed by atoms with van der Waals surface area (Å²) >= 11 is 1.37. The highest BCUT2D eigenvalue weighted by Gasteiger charge is 2.15. The third-order valence-electron chi connectivity index (χ3n) is 3.20. The first kappa shape index (κ1) is 15.1. The van der Waals surface area contributed by atoms with Crippen LogP contribution in [0.3, 0.4) is 0 Å². The molecule has 1 N–H and O–H groups in total. The van der Waals surface area contributed by atoms with Gasteiger partial charge in [0.1, 0.15) is 9.88 Å². The number of aryl methyl sites for hydroxylation is 1. The second-order valence-electron chi connectivity index (χ2n) is 4.91. The Bertz CT molecular complexity index is 826. The van der Waals surface area contributed by atoms with Crippen molar-refractivity contribution < 1.29 is 4.79 Å². The first-order chi connectivity index (χ1) is 11.2. The minimum atomic E-state index is -0.241. The average Bonchev–Trinajstić information content (AvgIpc) is 2.98.